The molecule has 2 aromatic carbocycles. The number of benzene rings is 2. The van der Waals surface area contributed by atoms with Crippen molar-refractivity contribution >= 4 is 21.4 Å². The van der Waals surface area contributed by atoms with Crippen LogP contribution < -0.4 is 5.32 Å². The zero-order valence-corrected chi connectivity index (χ0v) is 17.5. The Morgan fingerprint density at radius 3 is 2.47 bits per heavy atom. The average molecular weight is 428 g/mol. The molecular formula is C22H22FN3O3S. The third kappa shape index (κ3) is 4.14. The molecule has 6 nitrogen and oxygen atoms in total. The normalized spacial score (nSPS) is 17.8. The van der Waals surface area contributed by atoms with Gasteiger partial charge >= 0.3 is 0 Å². The number of nitrogens with one attached hydrogen (secondary N) is 1. The zero-order chi connectivity index (χ0) is 21.5. The molecule has 1 saturated heterocycles. The van der Waals surface area contributed by atoms with E-state index in [1.165, 1.54) is 24.3 Å². The molecule has 3 aromatic rings. The van der Waals surface area contributed by atoms with Gasteiger partial charge in [0, 0.05) is 11.3 Å². The summed E-state index contributed by atoms with van der Waals surface area (Å²) >= 11 is 0. The minimum Gasteiger partial charge on any atom is -0.321 e. The van der Waals surface area contributed by atoms with Crippen LogP contribution in [0.5, 0.6) is 0 Å². The highest BCUT2D eigenvalue weighted by atomic mass is 32.2. The van der Waals surface area contributed by atoms with Crippen LogP contribution in [-0.4, -0.2) is 35.6 Å². The topological polar surface area (TPSA) is 81.1 Å². The van der Waals surface area contributed by atoms with E-state index in [1.807, 2.05) is 32.0 Å². The van der Waals surface area contributed by atoms with Gasteiger partial charge < -0.3 is 5.32 Å². The Labute approximate surface area is 174 Å². The van der Waals surface area contributed by atoms with Crippen LogP contribution in [0.1, 0.15) is 34.1 Å². The summed E-state index contributed by atoms with van der Waals surface area (Å²) in [6.45, 7) is 4.02. The smallest absolute Gasteiger partial charge is 0.276 e. The highest BCUT2D eigenvalue weighted by Gasteiger charge is 2.32. The molecule has 1 N–H and O–H groups in total. The number of carbonyl (C=O) groups is 1. The van der Waals surface area contributed by atoms with Crippen molar-refractivity contribution < 1.29 is 17.6 Å². The Kier molecular flexibility index (Phi) is 5.19. The zero-order valence-electron chi connectivity index (χ0n) is 16.7. The summed E-state index contributed by atoms with van der Waals surface area (Å²) in [6, 6.07) is 12.8. The number of anilines is 1. The van der Waals surface area contributed by atoms with Gasteiger partial charge in [-0.05, 0) is 67.8 Å². The van der Waals surface area contributed by atoms with E-state index in [1.54, 1.807) is 10.7 Å². The van der Waals surface area contributed by atoms with E-state index in [0.29, 0.717) is 17.8 Å². The fraction of sp³-hybridized carbons (Fsp3) is 0.273. The predicted octanol–water partition coefficient (Wildman–Crippen LogP) is 3.92. The van der Waals surface area contributed by atoms with Crippen molar-refractivity contribution in [2.75, 3.05) is 16.8 Å². The molecule has 1 atom stereocenters. The Bertz CT molecular complexity index is 1220. The van der Waals surface area contributed by atoms with Crippen molar-refractivity contribution in [2.24, 2.45) is 0 Å². The van der Waals surface area contributed by atoms with Crippen LogP contribution in [0.25, 0.3) is 11.3 Å². The molecule has 156 valence electrons. The van der Waals surface area contributed by atoms with Gasteiger partial charge in [0.05, 0.1) is 23.2 Å². The van der Waals surface area contributed by atoms with Crippen LogP contribution in [-0.2, 0) is 9.84 Å². The SMILES string of the molecule is Cc1ccc(-c2cc(C(=O)Nc3ccc(F)cc3)nn2[C@H]2CCS(=O)(=O)C2)cc1C. The van der Waals surface area contributed by atoms with E-state index in [4.69, 9.17) is 0 Å². The summed E-state index contributed by atoms with van der Waals surface area (Å²) < 4.78 is 38.8. The number of carbonyl (C=O) groups excluding carboxylic acids is 1. The van der Waals surface area contributed by atoms with Gasteiger partial charge in [-0.25, -0.2) is 12.8 Å². The lowest BCUT2D eigenvalue weighted by Gasteiger charge is -2.14. The molecule has 0 saturated carbocycles. The van der Waals surface area contributed by atoms with Gasteiger partial charge in [0.25, 0.3) is 5.91 Å². The minimum absolute atomic E-state index is 0.00550. The molecule has 0 unspecified atom stereocenters. The third-order valence-corrected chi connectivity index (χ3v) is 7.18. The van der Waals surface area contributed by atoms with Gasteiger partial charge in [-0.1, -0.05) is 12.1 Å². The largest absolute Gasteiger partial charge is 0.321 e. The van der Waals surface area contributed by atoms with Crippen molar-refractivity contribution in [2.45, 2.75) is 26.3 Å². The summed E-state index contributed by atoms with van der Waals surface area (Å²) in [7, 11) is -3.12. The van der Waals surface area contributed by atoms with E-state index in [9.17, 15) is 17.6 Å². The van der Waals surface area contributed by atoms with E-state index in [-0.39, 0.29) is 23.2 Å². The molecular weight excluding hydrogens is 405 g/mol. The molecule has 1 aliphatic heterocycles. The van der Waals surface area contributed by atoms with Gasteiger partial charge in [-0.15, -0.1) is 0 Å². The Hall–Kier alpha value is -3.00. The standard InChI is InChI=1S/C22H22FN3O3S/c1-14-3-4-16(11-15(14)2)21-12-20(22(27)24-18-7-5-17(23)6-8-18)25-26(21)19-9-10-30(28,29)13-19/h3-8,11-12,19H,9-10,13H2,1-2H3,(H,24,27)/t19-/m0/s1. The van der Waals surface area contributed by atoms with Gasteiger partial charge in [-0.3, -0.25) is 9.48 Å². The predicted molar refractivity (Wildman–Crippen MR) is 114 cm³/mol. The van der Waals surface area contributed by atoms with Gasteiger partial charge in [-0.2, -0.15) is 5.10 Å². The van der Waals surface area contributed by atoms with Crippen LogP contribution in [0, 0.1) is 19.7 Å². The molecule has 0 spiro atoms. The molecule has 1 aromatic heterocycles. The molecule has 0 bridgehead atoms. The average Bonchev–Trinajstić information content (AvgIpc) is 3.29. The fourth-order valence-corrected chi connectivity index (χ4v) is 5.29. The van der Waals surface area contributed by atoms with Crippen LogP contribution in [0.3, 0.4) is 0 Å². The first-order valence-corrected chi connectivity index (χ1v) is 11.5. The van der Waals surface area contributed by atoms with Gasteiger partial charge in [0.15, 0.2) is 15.5 Å². The minimum atomic E-state index is -3.12. The van der Waals surface area contributed by atoms with Crippen LogP contribution >= 0.6 is 0 Å². The second kappa shape index (κ2) is 7.68. The highest BCUT2D eigenvalue weighted by molar-refractivity contribution is 7.91. The number of amides is 1. The molecule has 4 rings (SSSR count). The molecule has 0 aliphatic carbocycles. The van der Waals surface area contributed by atoms with Gasteiger partial charge in [0.2, 0.25) is 0 Å². The highest BCUT2D eigenvalue weighted by Crippen LogP contribution is 2.31. The Morgan fingerprint density at radius 1 is 1.10 bits per heavy atom. The summed E-state index contributed by atoms with van der Waals surface area (Å²) in [4.78, 5) is 12.8. The van der Waals surface area contributed by atoms with E-state index < -0.39 is 21.6 Å². The Balaban J connectivity index is 1.72. The molecule has 1 aliphatic rings. The lowest BCUT2D eigenvalue weighted by atomic mass is 10.0. The number of aryl methyl sites for hydroxylation is 2. The van der Waals surface area contributed by atoms with Crippen molar-refractivity contribution in [3.8, 4) is 11.3 Å². The summed E-state index contributed by atoms with van der Waals surface area (Å²) in [5.74, 6) is -0.713. The quantitative estimate of drug-likeness (QED) is 0.684. The second-order valence-corrected chi connectivity index (χ2v) is 9.91. The molecule has 30 heavy (non-hydrogen) atoms. The fourth-order valence-electron chi connectivity index (χ4n) is 3.60. The first-order chi connectivity index (χ1) is 14.2. The van der Waals surface area contributed by atoms with Crippen LogP contribution in [0.2, 0.25) is 0 Å². The van der Waals surface area contributed by atoms with E-state index >= 15 is 0 Å². The number of rotatable bonds is 4. The molecule has 1 amide bonds. The monoisotopic (exact) mass is 427 g/mol. The van der Waals surface area contributed by atoms with E-state index in [0.717, 1.165) is 16.7 Å². The molecule has 0 radical (unpaired) electrons. The Morgan fingerprint density at radius 2 is 1.83 bits per heavy atom. The maximum absolute atomic E-state index is 13.1. The van der Waals surface area contributed by atoms with Crippen LogP contribution in [0.15, 0.2) is 48.5 Å². The number of hydrogen-bond donors (Lipinski definition) is 1. The van der Waals surface area contributed by atoms with Gasteiger partial charge in [0.1, 0.15) is 5.82 Å². The number of sulfone groups is 1. The van der Waals surface area contributed by atoms with E-state index in [2.05, 4.69) is 10.4 Å². The van der Waals surface area contributed by atoms with Crippen molar-refractivity contribution in [3.05, 3.63) is 71.2 Å². The summed E-state index contributed by atoms with van der Waals surface area (Å²) in [6.07, 6.45) is 0.459. The van der Waals surface area contributed by atoms with Crippen molar-refractivity contribution in [3.63, 3.8) is 0 Å². The number of aromatic nitrogens is 2. The first kappa shape index (κ1) is 20.3. The van der Waals surface area contributed by atoms with Crippen molar-refractivity contribution in [1.29, 1.82) is 0 Å². The summed E-state index contributed by atoms with van der Waals surface area (Å²) in [5.41, 5.74) is 4.43. The molecule has 2 heterocycles. The van der Waals surface area contributed by atoms with Crippen molar-refractivity contribution in [1.82, 2.24) is 9.78 Å². The summed E-state index contributed by atoms with van der Waals surface area (Å²) in [5, 5.41) is 7.17. The van der Waals surface area contributed by atoms with Crippen LogP contribution in [0.4, 0.5) is 10.1 Å². The number of halogens is 1. The third-order valence-electron chi connectivity index (χ3n) is 5.43. The number of hydrogen-bond acceptors (Lipinski definition) is 4. The first-order valence-electron chi connectivity index (χ1n) is 9.66. The molecule has 8 heteroatoms. The second-order valence-electron chi connectivity index (χ2n) is 7.68. The lowest BCUT2D eigenvalue weighted by Crippen LogP contribution is -2.16. The maximum Gasteiger partial charge on any atom is 0.276 e. The maximum atomic E-state index is 13.1. The lowest BCUT2D eigenvalue weighted by molar-refractivity contribution is 0.102. The molecule has 1 fully saturated rings. The number of nitrogens with zero attached hydrogens (tertiary/aromatic N) is 2.